The number of morpholine rings is 1. The predicted molar refractivity (Wildman–Crippen MR) is 126 cm³/mol. The first-order valence-electron chi connectivity index (χ1n) is 11.3. The molecule has 1 aromatic heterocycles. The molecule has 168 valence electrons. The monoisotopic (exact) mass is 432 g/mol. The van der Waals surface area contributed by atoms with Gasteiger partial charge in [-0.05, 0) is 69.2 Å². The highest BCUT2D eigenvalue weighted by atomic mass is 16.5. The number of ether oxygens (including phenoxy) is 1. The summed E-state index contributed by atoms with van der Waals surface area (Å²) in [5.74, 6) is -0.0756. The smallest absolute Gasteiger partial charge is 0.251 e. The minimum Gasteiger partial charge on any atom is -0.373 e. The normalized spacial score (nSPS) is 19.1. The largest absolute Gasteiger partial charge is 0.373 e. The van der Waals surface area contributed by atoms with E-state index in [9.17, 15) is 4.79 Å². The van der Waals surface area contributed by atoms with E-state index < -0.39 is 0 Å². The molecule has 1 fully saturated rings. The van der Waals surface area contributed by atoms with Gasteiger partial charge in [-0.1, -0.05) is 24.3 Å². The Hall–Kier alpha value is -2.96. The lowest BCUT2D eigenvalue weighted by Crippen LogP contribution is -2.45. The summed E-state index contributed by atoms with van der Waals surface area (Å²) < 4.78 is 7.74. The van der Waals surface area contributed by atoms with Gasteiger partial charge >= 0.3 is 0 Å². The highest BCUT2D eigenvalue weighted by molar-refractivity contribution is 5.94. The van der Waals surface area contributed by atoms with Crippen molar-refractivity contribution in [2.24, 2.45) is 0 Å². The van der Waals surface area contributed by atoms with Gasteiger partial charge in [0.2, 0.25) is 0 Å². The van der Waals surface area contributed by atoms with Gasteiger partial charge in [0.25, 0.3) is 5.91 Å². The number of hydrogen-bond donors (Lipinski definition) is 1. The van der Waals surface area contributed by atoms with Crippen LogP contribution >= 0.6 is 0 Å². The third kappa shape index (κ3) is 5.26. The molecule has 0 saturated carbocycles. The average molecular weight is 433 g/mol. The lowest BCUT2D eigenvalue weighted by Gasteiger charge is -2.35. The Balaban J connectivity index is 1.39. The Morgan fingerprint density at radius 3 is 2.31 bits per heavy atom. The third-order valence-electron chi connectivity index (χ3n) is 5.83. The molecule has 2 heterocycles. The number of amides is 1. The average Bonchev–Trinajstić information content (AvgIpc) is 3.10. The summed E-state index contributed by atoms with van der Waals surface area (Å²) in [4.78, 5) is 15.2. The summed E-state index contributed by atoms with van der Waals surface area (Å²) in [6.07, 6.45) is 0.478. The van der Waals surface area contributed by atoms with Crippen LogP contribution in [-0.2, 0) is 17.8 Å². The molecular formula is C26H32N4O2. The predicted octanol–water partition coefficient (Wildman–Crippen LogP) is 4.03. The zero-order valence-electron chi connectivity index (χ0n) is 19.3. The number of nitrogens with zero attached hydrogens (tertiary/aromatic N) is 3. The molecule has 3 aromatic rings. The number of benzene rings is 2. The van der Waals surface area contributed by atoms with E-state index >= 15 is 0 Å². The molecule has 6 nitrogen and oxygen atoms in total. The van der Waals surface area contributed by atoms with Crippen LogP contribution in [-0.4, -0.2) is 45.9 Å². The topological polar surface area (TPSA) is 59.4 Å². The highest BCUT2D eigenvalue weighted by Gasteiger charge is 2.22. The molecule has 1 amide bonds. The van der Waals surface area contributed by atoms with E-state index in [4.69, 9.17) is 4.74 Å². The number of aryl methyl sites for hydroxylation is 2. The fraction of sp³-hybridized carbons (Fsp3) is 0.385. The van der Waals surface area contributed by atoms with Crippen LogP contribution in [0.25, 0.3) is 5.69 Å². The van der Waals surface area contributed by atoms with Crippen molar-refractivity contribution in [2.45, 2.75) is 53.0 Å². The van der Waals surface area contributed by atoms with E-state index in [1.54, 1.807) is 0 Å². The Morgan fingerprint density at radius 1 is 1.03 bits per heavy atom. The van der Waals surface area contributed by atoms with E-state index in [0.29, 0.717) is 12.1 Å². The van der Waals surface area contributed by atoms with Gasteiger partial charge in [-0.15, -0.1) is 0 Å². The SMILES string of the molecule is Cc1cc(C)n(-c2ccc(C(=O)NCc3ccccc3CN3CC(C)OC(C)C3)cc2)n1. The van der Waals surface area contributed by atoms with Crippen LogP contribution in [0.2, 0.25) is 0 Å². The first-order valence-corrected chi connectivity index (χ1v) is 11.3. The van der Waals surface area contributed by atoms with Gasteiger partial charge in [0.15, 0.2) is 0 Å². The summed E-state index contributed by atoms with van der Waals surface area (Å²) >= 11 is 0. The van der Waals surface area contributed by atoms with Gasteiger partial charge < -0.3 is 10.1 Å². The maximum absolute atomic E-state index is 12.8. The van der Waals surface area contributed by atoms with E-state index in [1.165, 1.54) is 5.56 Å². The van der Waals surface area contributed by atoms with Crippen molar-refractivity contribution in [2.75, 3.05) is 13.1 Å². The fourth-order valence-corrected chi connectivity index (χ4v) is 4.46. The minimum absolute atomic E-state index is 0.0756. The minimum atomic E-state index is -0.0756. The highest BCUT2D eigenvalue weighted by Crippen LogP contribution is 2.18. The number of hydrogen-bond acceptors (Lipinski definition) is 4. The van der Waals surface area contributed by atoms with E-state index in [-0.39, 0.29) is 18.1 Å². The lowest BCUT2D eigenvalue weighted by atomic mass is 10.1. The molecule has 1 saturated heterocycles. The second kappa shape index (κ2) is 9.67. The first-order chi connectivity index (χ1) is 15.4. The maximum Gasteiger partial charge on any atom is 0.251 e. The van der Waals surface area contributed by atoms with Gasteiger partial charge in [-0.2, -0.15) is 5.10 Å². The van der Waals surface area contributed by atoms with Gasteiger partial charge in [0.1, 0.15) is 0 Å². The van der Waals surface area contributed by atoms with Crippen molar-refractivity contribution in [3.63, 3.8) is 0 Å². The molecular weight excluding hydrogens is 400 g/mol. The Labute approximate surface area is 190 Å². The first kappa shape index (κ1) is 22.2. The molecule has 2 atom stereocenters. The molecule has 0 aliphatic carbocycles. The summed E-state index contributed by atoms with van der Waals surface area (Å²) in [6, 6.07) is 17.9. The van der Waals surface area contributed by atoms with Crippen LogP contribution in [0.15, 0.2) is 54.6 Å². The standard InChI is InChI=1S/C26H32N4O2/c1-18-13-19(2)30(28-18)25-11-9-22(10-12-25)26(31)27-14-23-7-5-6-8-24(23)17-29-15-20(3)32-21(4)16-29/h5-13,20-21H,14-17H2,1-4H3,(H,27,31). The van der Waals surface area contributed by atoms with Crippen molar-refractivity contribution in [1.29, 1.82) is 0 Å². The van der Waals surface area contributed by atoms with Gasteiger partial charge in [-0.3, -0.25) is 9.69 Å². The summed E-state index contributed by atoms with van der Waals surface area (Å²) in [6.45, 7) is 11.5. The molecule has 0 bridgehead atoms. The number of aromatic nitrogens is 2. The number of rotatable bonds is 6. The zero-order chi connectivity index (χ0) is 22.7. The molecule has 1 aliphatic heterocycles. The second-order valence-corrected chi connectivity index (χ2v) is 8.79. The third-order valence-corrected chi connectivity index (χ3v) is 5.83. The van der Waals surface area contributed by atoms with Crippen LogP contribution < -0.4 is 5.32 Å². The summed E-state index contributed by atoms with van der Waals surface area (Å²) in [7, 11) is 0. The van der Waals surface area contributed by atoms with Crippen LogP contribution in [0, 0.1) is 13.8 Å². The lowest BCUT2D eigenvalue weighted by molar-refractivity contribution is -0.0705. The fourth-order valence-electron chi connectivity index (χ4n) is 4.46. The van der Waals surface area contributed by atoms with Crippen molar-refractivity contribution in [1.82, 2.24) is 20.0 Å². The van der Waals surface area contributed by atoms with Crippen LogP contribution in [0.1, 0.15) is 46.7 Å². The van der Waals surface area contributed by atoms with Gasteiger partial charge in [0.05, 0.1) is 23.6 Å². The van der Waals surface area contributed by atoms with E-state index in [1.807, 2.05) is 54.9 Å². The molecule has 4 rings (SSSR count). The molecule has 0 spiro atoms. The molecule has 0 radical (unpaired) electrons. The van der Waals surface area contributed by atoms with Crippen LogP contribution in [0.4, 0.5) is 0 Å². The molecule has 32 heavy (non-hydrogen) atoms. The van der Waals surface area contributed by atoms with E-state index in [0.717, 1.165) is 42.3 Å². The molecule has 2 unspecified atom stereocenters. The molecule has 1 aliphatic rings. The maximum atomic E-state index is 12.8. The quantitative estimate of drug-likeness (QED) is 0.639. The summed E-state index contributed by atoms with van der Waals surface area (Å²) in [5, 5.41) is 7.58. The summed E-state index contributed by atoms with van der Waals surface area (Å²) in [5.41, 5.74) is 6.03. The molecule has 2 aromatic carbocycles. The van der Waals surface area contributed by atoms with Crippen LogP contribution in [0.3, 0.4) is 0 Å². The second-order valence-electron chi connectivity index (χ2n) is 8.79. The number of nitrogens with one attached hydrogen (secondary N) is 1. The molecule has 1 N–H and O–H groups in total. The molecule has 6 heteroatoms. The van der Waals surface area contributed by atoms with Crippen molar-refractivity contribution < 1.29 is 9.53 Å². The van der Waals surface area contributed by atoms with Crippen LogP contribution in [0.5, 0.6) is 0 Å². The van der Waals surface area contributed by atoms with Crippen molar-refractivity contribution >= 4 is 5.91 Å². The zero-order valence-corrected chi connectivity index (χ0v) is 19.3. The number of carbonyl (C=O) groups excluding carboxylic acids is 1. The van der Waals surface area contributed by atoms with Gasteiger partial charge in [-0.25, -0.2) is 4.68 Å². The van der Waals surface area contributed by atoms with Gasteiger partial charge in [0, 0.05) is 37.4 Å². The van der Waals surface area contributed by atoms with E-state index in [2.05, 4.69) is 47.4 Å². The Morgan fingerprint density at radius 2 is 1.69 bits per heavy atom. The van der Waals surface area contributed by atoms with Crippen molar-refractivity contribution in [3.05, 3.63) is 82.7 Å². The Kier molecular flexibility index (Phi) is 6.72. The van der Waals surface area contributed by atoms with Crippen molar-refractivity contribution in [3.8, 4) is 5.69 Å². The Bertz CT molecular complexity index is 1060. The number of carbonyl (C=O) groups is 1.